The second-order valence-electron chi connectivity index (χ2n) is 5.52. The molecule has 0 aromatic carbocycles. The second-order valence-corrected chi connectivity index (χ2v) is 6.40. The molecule has 0 radical (unpaired) electrons. The van der Waals surface area contributed by atoms with Crippen molar-refractivity contribution in [1.82, 2.24) is 14.7 Å². The molecule has 0 bridgehead atoms. The number of rotatable bonds is 6. The van der Waals surface area contributed by atoms with E-state index in [0.29, 0.717) is 19.0 Å². The van der Waals surface area contributed by atoms with Crippen LogP contribution in [0.4, 0.5) is 0 Å². The number of aromatic nitrogens is 2. The Balaban J connectivity index is 1.83. The summed E-state index contributed by atoms with van der Waals surface area (Å²) in [5, 5.41) is 15.5. The van der Waals surface area contributed by atoms with Gasteiger partial charge in [-0.2, -0.15) is 0 Å². The number of thiazole rings is 1. The lowest BCUT2D eigenvalue weighted by Crippen LogP contribution is -2.38. The summed E-state index contributed by atoms with van der Waals surface area (Å²) < 4.78 is 2.02. The summed E-state index contributed by atoms with van der Waals surface area (Å²) in [7, 11) is 0. The molecule has 0 fully saturated rings. The molecule has 0 saturated heterocycles. The topological polar surface area (TPSA) is 49.6 Å². The molecular weight excluding hydrogens is 246 g/mol. The fourth-order valence-electron chi connectivity index (χ4n) is 2.27. The van der Waals surface area contributed by atoms with Crippen LogP contribution in [-0.2, 0) is 6.54 Å². The summed E-state index contributed by atoms with van der Waals surface area (Å²) in [5.74, 6) is 0.500. The van der Waals surface area contributed by atoms with Crippen LogP contribution in [0.1, 0.15) is 32.9 Å². The molecule has 0 aliphatic heterocycles. The maximum atomic E-state index is 10.2. The first kappa shape index (κ1) is 13.5. The van der Waals surface area contributed by atoms with Gasteiger partial charge in [-0.1, -0.05) is 13.8 Å². The molecule has 4 nitrogen and oxygen atoms in total. The Labute approximate surface area is 112 Å². The number of fused-ring (bicyclic) bond motifs is 1. The molecule has 0 aliphatic carbocycles. The van der Waals surface area contributed by atoms with Crippen molar-refractivity contribution >= 4 is 16.3 Å². The maximum Gasteiger partial charge on any atom is 0.193 e. The van der Waals surface area contributed by atoms with E-state index in [1.807, 2.05) is 29.1 Å². The fraction of sp³-hybridized carbons (Fsp3) is 0.615. The smallest absolute Gasteiger partial charge is 0.193 e. The first-order valence-electron chi connectivity index (χ1n) is 6.30. The predicted octanol–water partition coefficient (Wildman–Crippen LogP) is 2.28. The van der Waals surface area contributed by atoms with Gasteiger partial charge in [-0.15, -0.1) is 11.3 Å². The lowest BCUT2D eigenvalue weighted by molar-refractivity contribution is 0.0383. The number of aliphatic hydroxyl groups is 1. The van der Waals surface area contributed by atoms with E-state index in [0.717, 1.165) is 17.1 Å². The zero-order valence-electron chi connectivity index (χ0n) is 11.2. The molecule has 1 unspecified atom stereocenters. The third-order valence-electron chi connectivity index (χ3n) is 2.80. The molecule has 100 valence electrons. The van der Waals surface area contributed by atoms with Crippen molar-refractivity contribution in [1.29, 1.82) is 0 Å². The highest BCUT2D eigenvalue weighted by atomic mass is 32.1. The van der Waals surface area contributed by atoms with Crippen LogP contribution in [0.5, 0.6) is 0 Å². The van der Waals surface area contributed by atoms with Crippen LogP contribution in [0.3, 0.4) is 0 Å². The Hall–Kier alpha value is -0.910. The molecule has 2 heterocycles. The van der Waals surface area contributed by atoms with Gasteiger partial charge in [-0.05, 0) is 19.3 Å². The number of imidazole rings is 1. The van der Waals surface area contributed by atoms with E-state index in [4.69, 9.17) is 0 Å². The largest absolute Gasteiger partial charge is 0.389 e. The number of hydrogen-bond acceptors (Lipinski definition) is 4. The molecule has 1 atom stereocenters. The molecule has 2 rings (SSSR count). The third-order valence-corrected chi connectivity index (χ3v) is 3.57. The molecule has 2 N–H and O–H groups in total. The van der Waals surface area contributed by atoms with Crippen LogP contribution in [0.15, 0.2) is 17.8 Å². The SMILES string of the molecule is CC(C)CC(C)(O)CNCc1cn2ccsc2n1. The Bertz CT molecular complexity index is 473. The van der Waals surface area contributed by atoms with Gasteiger partial charge in [-0.3, -0.25) is 4.40 Å². The van der Waals surface area contributed by atoms with E-state index < -0.39 is 5.60 Å². The normalized spacial score (nSPS) is 15.4. The van der Waals surface area contributed by atoms with Gasteiger partial charge in [-0.25, -0.2) is 4.98 Å². The summed E-state index contributed by atoms with van der Waals surface area (Å²) in [4.78, 5) is 5.51. The minimum absolute atomic E-state index is 0.500. The van der Waals surface area contributed by atoms with Crippen molar-refractivity contribution in [2.75, 3.05) is 6.54 Å². The number of hydrogen-bond donors (Lipinski definition) is 2. The number of nitrogens with one attached hydrogen (secondary N) is 1. The van der Waals surface area contributed by atoms with Gasteiger partial charge < -0.3 is 10.4 Å². The van der Waals surface area contributed by atoms with Crippen molar-refractivity contribution in [3.8, 4) is 0 Å². The van der Waals surface area contributed by atoms with Crippen molar-refractivity contribution in [2.45, 2.75) is 39.3 Å². The maximum absolute atomic E-state index is 10.2. The average Bonchev–Trinajstić information content (AvgIpc) is 2.74. The van der Waals surface area contributed by atoms with Gasteiger partial charge in [0, 0.05) is 30.9 Å². The van der Waals surface area contributed by atoms with E-state index in [1.165, 1.54) is 0 Å². The summed E-state index contributed by atoms with van der Waals surface area (Å²) in [6.07, 6.45) is 4.83. The molecule has 0 aliphatic rings. The van der Waals surface area contributed by atoms with Gasteiger partial charge in [0.25, 0.3) is 0 Å². The van der Waals surface area contributed by atoms with Crippen LogP contribution < -0.4 is 5.32 Å². The lowest BCUT2D eigenvalue weighted by Gasteiger charge is -2.25. The van der Waals surface area contributed by atoms with Crippen LogP contribution in [0, 0.1) is 5.92 Å². The highest BCUT2D eigenvalue weighted by Crippen LogP contribution is 2.15. The van der Waals surface area contributed by atoms with E-state index in [1.54, 1.807) is 11.3 Å². The van der Waals surface area contributed by atoms with Crippen LogP contribution in [-0.4, -0.2) is 26.6 Å². The van der Waals surface area contributed by atoms with Gasteiger partial charge in [0.05, 0.1) is 11.3 Å². The Morgan fingerprint density at radius 1 is 1.56 bits per heavy atom. The Morgan fingerprint density at radius 3 is 3.00 bits per heavy atom. The van der Waals surface area contributed by atoms with Gasteiger partial charge >= 0.3 is 0 Å². The van der Waals surface area contributed by atoms with Crippen molar-refractivity contribution < 1.29 is 5.11 Å². The van der Waals surface area contributed by atoms with Crippen molar-refractivity contribution in [3.05, 3.63) is 23.5 Å². The van der Waals surface area contributed by atoms with Gasteiger partial charge in [0.2, 0.25) is 0 Å². The average molecular weight is 267 g/mol. The highest BCUT2D eigenvalue weighted by Gasteiger charge is 2.21. The molecule has 0 amide bonds. The monoisotopic (exact) mass is 267 g/mol. The van der Waals surface area contributed by atoms with E-state index in [-0.39, 0.29) is 0 Å². The van der Waals surface area contributed by atoms with Gasteiger partial charge in [0.15, 0.2) is 4.96 Å². The van der Waals surface area contributed by atoms with Gasteiger partial charge in [0.1, 0.15) is 0 Å². The summed E-state index contributed by atoms with van der Waals surface area (Å²) >= 11 is 1.63. The summed E-state index contributed by atoms with van der Waals surface area (Å²) in [6, 6.07) is 0. The quantitative estimate of drug-likeness (QED) is 0.844. The highest BCUT2D eigenvalue weighted by molar-refractivity contribution is 7.15. The summed E-state index contributed by atoms with van der Waals surface area (Å²) in [6.45, 7) is 7.42. The molecule has 5 heteroatoms. The molecule has 0 spiro atoms. The molecule has 2 aromatic rings. The van der Waals surface area contributed by atoms with Crippen molar-refractivity contribution in [2.24, 2.45) is 5.92 Å². The third kappa shape index (κ3) is 3.54. The standard InChI is InChI=1S/C13H21N3OS/c1-10(2)6-13(3,17)9-14-7-11-8-16-4-5-18-12(16)15-11/h4-5,8,10,14,17H,6-7,9H2,1-3H3. The minimum Gasteiger partial charge on any atom is -0.389 e. The molecule has 0 saturated carbocycles. The Kier molecular flexibility index (Phi) is 4.04. The molecule has 18 heavy (non-hydrogen) atoms. The minimum atomic E-state index is -0.648. The van der Waals surface area contributed by atoms with E-state index >= 15 is 0 Å². The zero-order chi connectivity index (χ0) is 13.2. The predicted molar refractivity (Wildman–Crippen MR) is 74.9 cm³/mol. The second kappa shape index (κ2) is 5.38. The lowest BCUT2D eigenvalue weighted by atomic mass is 9.94. The Morgan fingerprint density at radius 2 is 2.33 bits per heavy atom. The van der Waals surface area contributed by atoms with Crippen LogP contribution in [0.25, 0.3) is 4.96 Å². The fourth-order valence-corrected chi connectivity index (χ4v) is 2.99. The molecular formula is C13H21N3OS. The van der Waals surface area contributed by atoms with E-state index in [9.17, 15) is 5.11 Å². The van der Waals surface area contributed by atoms with Crippen LogP contribution >= 0.6 is 11.3 Å². The first-order valence-corrected chi connectivity index (χ1v) is 7.18. The first-order chi connectivity index (χ1) is 8.46. The molecule has 2 aromatic heterocycles. The summed E-state index contributed by atoms with van der Waals surface area (Å²) in [5.41, 5.74) is 0.368. The van der Waals surface area contributed by atoms with Crippen molar-refractivity contribution in [3.63, 3.8) is 0 Å². The van der Waals surface area contributed by atoms with Crippen LogP contribution in [0.2, 0.25) is 0 Å². The zero-order valence-corrected chi connectivity index (χ0v) is 12.0. The van der Waals surface area contributed by atoms with E-state index in [2.05, 4.69) is 24.1 Å². The number of nitrogens with zero attached hydrogens (tertiary/aromatic N) is 2.